The number of aliphatic hydroxyl groups excluding tert-OH is 1. The summed E-state index contributed by atoms with van der Waals surface area (Å²) in [5.41, 5.74) is 0.940. The van der Waals surface area contributed by atoms with Gasteiger partial charge >= 0.3 is 0 Å². The minimum absolute atomic E-state index is 0.322. The van der Waals surface area contributed by atoms with E-state index in [4.69, 9.17) is 5.11 Å². The van der Waals surface area contributed by atoms with Gasteiger partial charge in [0, 0.05) is 6.42 Å². The average molecular weight is 205 g/mol. The van der Waals surface area contributed by atoms with Gasteiger partial charge in [0.2, 0.25) is 0 Å². The standard InChI is InChI=1S/C6H9BrN2O/c1-4(10)2-6-5(7)3-8-9-6/h3-4,10H,2H2,1H3,(H,8,9). The molecule has 0 aliphatic carbocycles. The van der Waals surface area contributed by atoms with Gasteiger partial charge in [-0.2, -0.15) is 5.10 Å². The fourth-order valence-electron chi connectivity index (χ4n) is 0.737. The molecule has 0 aliphatic heterocycles. The van der Waals surface area contributed by atoms with E-state index in [0.717, 1.165) is 10.2 Å². The highest BCUT2D eigenvalue weighted by atomic mass is 79.9. The Bertz CT molecular complexity index is 209. The highest BCUT2D eigenvalue weighted by Crippen LogP contribution is 2.13. The second-order valence-corrected chi connectivity index (χ2v) is 3.10. The Kier molecular flexibility index (Phi) is 2.45. The van der Waals surface area contributed by atoms with Crippen LogP contribution in [0.2, 0.25) is 0 Å². The molecule has 1 rings (SSSR count). The van der Waals surface area contributed by atoms with Crippen LogP contribution in [0.15, 0.2) is 10.7 Å². The lowest BCUT2D eigenvalue weighted by Crippen LogP contribution is -2.04. The van der Waals surface area contributed by atoms with E-state index in [9.17, 15) is 0 Å². The van der Waals surface area contributed by atoms with Crippen molar-refractivity contribution in [2.45, 2.75) is 19.4 Å². The van der Waals surface area contributed by atoms with Gasteiger partial charge < -0.3 is 5.11 Å². The van der Waals surface area contributed by atoms with Gasteiger partial charge in [0.15, 0.2) is 0 Å². The number of hydrogen-bond acceptors (Lipinski definition) is 2. The molecule has 0 saturated heterocycles. The van der Waals surface area contributed by atoms with Crippen molar-refractivity contribution >= 4 is 15.9 Å². The third kappa shape index (κ3) is 1.82. The van der Waals surface area contributed by atoms with E-state index in [2.05, 4.69) is 26.1 Å². The summed E-state index contributed by atoms with van der Waals surface area (Å²) in [7, 11) is 0. The van der Waals surface area contributed by atoms with Crippen LogP contribution in [0.25, 0.3) is 0 Å². The van der Waals surface area contributed by atoms with E-state index in [-0.39, 0.29) is 6.10 Å². The maximum atomic E-state index is 8.98. The van der Waals surface area contributed by atoms with Crippen molar-refractivity contribution in [2.75, 3.05) is 0 Å². The average Bonchev–Trinajstić information content (AvgIpc) is 2.15. The molecule has 0 saturated carbocycles. The normalized spacial score (nSPS) is 13.5. The summed E-state index contributed by atoms with van der Waals surface area (Å²) in [5, 5.41) is 15.6. The molecule has 0 aliphatic rings. The zero-order valence-electron chi connectivity index (χ0n) is 5.63. The lowest BCUT2D eigenvalue weighted by Gasteiger charge is -2.00. The minimum atomic E-state index is -0.322. The molecule has 1 unspecified atom stereocenters. The van der Waals surface area contributed by atoms with Crippen LogP contribution in [0, 0.1) is 0 Å². The molecule has 56 valence electrons. The minimum Gasteiger partial charge on any atom is -0.393 e. The first-order valence-electron chi connectivity index (χ1n) is 3.06. The Hall–Kier alpha value is -0.350. The van der Waals surface area contributed by atoms with Gasteiger partial charge in [0.05, 0.1) is 22.5 Å². The molecule has 0 fully saturated rings. The highest BCUT2D eigenvalue weighted by Gasteiger charge is 2.04. The zero-order valence-corrected chi connectivity index (χ0v) is 7.22. The van der Waals surface area contributed by atoms with Crippen molar-refractivity contribution in [2.24, 2.45) is 0 Å². The first kappa shape index (κ1) is 7.75. The first-order chi connectivity index (χ1) is 4.70. The molecule has 0 spiro atoms. The largest absolute Gasteiger partial charge is 0.393 e. The summed E-state index contributed by atoms with van der Waals surface area (Å²) in [6.07, 6.45) is 1.97. The molecule has 0 amide bonds. The number of aliphatic hydroxyl groups is 1. The van der Waals surface area contributed by atoms with E-state index in [0.29, 0.717) is 6.42 Å². The van der Waals surface area contributed by atoms with Crippen LogP contribution in [-0.2, 0) is 6.42 Å². The molecule has 0 bridgehead atoms. The van der Waals surface area contributed by atoms with Crippen molar-refractivity contribution in [3.05, 3.63) is 16.4 Å². The highest BCUT2D eigenvalue weighted by molar-refractivity contribution is 9.10. The number of nitrogens with one attached hydrogen (secondary N) is 1. The zero-order chi connectivity index (χ0) is 7.56. The SMILES string of the molecule is CC(O)Cc1[nH]ncc1Br. The second-order valence-electron chi connectivity index (χ2n) is 2.25. The molecular weight excluding hydrogens is 196 g/mol. The van der Waals surface area contributed by atoms with Crippen LogP contribution in [0.3, 0.4) is 0 Å². The van der Waals surface area contributed by atoms with Crippen LogP contribution < -0.4 is 0 Å². The number of aromatic amines is 1. The summed E-state index contributed by atoms with van der Waals surface area (Å²) >= 11 is 3.29. The summed E-state index contributed by atoms with van der Waals surface area (Å²) in [4.78, 5) is 0. The van der Waals surface area contributed by atoms with Crippen molar-refractivity contribution in [3.8, 4) is 0 Å². The van der Waals surface area contributed by atoms with E-state index in [1.54, 1.807) is 13.1 Å². The van der Waals surface area contributed by atoms with Gasteiger partial charge in [-0.15, -0.1) is 0 Å². The number of aromatic nitrogens is 2. The van der Waals surface area contributed by atoms with Crippen LogP contribution in [0.4, 0.5) is 0 Å². The summed E-state index contributed by atoms with van der Waals surface area (Å²) in [6, 6.07) is 0. The van der Waals surface area contributed by atoms with E-state index in [1.807, 2.05) is 0 Å². The Labute approximate surface area is 67.6 Å². The first-order valence-corrected chi connectivity index (χ1v) is 3.85. The van der Waals surface area contributed by atoms with Crippen LogP contribution in [0.1, 0.15) is 12.6 Å². The van der Waals surface area contributed by atoms with Crippen molar-refractivity contribution in [1.82, 2.24) is 10.2 Å². The second kappa shape index (κ2) is 3.16. The number of H-pyrrole nitrogens is 1. The molecule has 1 atom stereocenters. The van der Waals surface area contributed by atoms with Crippen molar-refractivity contribution in [1.29, 1.82) is 0 Å². The lowest BCUT2D eigenvalue weighted by atomic mass is 10.2. The summed E-state index contributed by atoms with van der Waals surface area (Å²) in [6.45, 7) is 1.74. The number of rotatable bonds is 2. The Morgan fingerprint density at radius 2 is 2.60 bits per heavy atom. The predicted octanol–water partition coefficient (Wildman–Crippen LogP) is 1.10. The molecular formula is C6H9BrN2O. The molecule has 1 heterocycles. The van der Waals surface area contributed by atoms with Gasteiger partial charge in [0.1, 0.15) is 0 Å². The van der Waals surface area contributed by atoms with Gasteiger partial charge in [-0.05, 0) is 22.9 Å². The van der Waals surface area contributed by atoms with Gasteiger partial charge in [-0.1, -0.05) is 0 Å². The molecule has 3 nitrogen and oxygen atoms in total. The Morgan fingerprint density at radius 1 is 1.90 bits per heavy atom. The molecule has 1 aromatic rings. The molecule has 0 radical (unpaired) electrons. The maximum absolute atomic E-state index is 8.98. The van der Waals surface area contributed by atoms with Gasteiger partial charge in [-0.3, -0.25) is 5.10 Å². The third-order valence-corrected chi connectivity index (χ3v) is 1.85. The van der Waals surface area contributed by atoms with Gasteiger partial charge in [0.25, 0.3) is 0 Å². The molecule has 10 heavy (non-hydrogen) atoms. The molecule has 0 aromatic carbocycles. The van der Waals surface area contributed by atoms with Crippen molar-refractivity contribution in [3.63, 3.8) is 0 Å². The quantitative estimate of drug-likeness (QED) is 0.759. The van der Waals surface area contributed by atoms with Crippen LogP contribution >= 0.6 is 15.9 Å². The fraction of sp³-hybridized carbons (Fsp3) is 0.500. The number of halogens is 1. The van der Waals surface area contributed by atoms with Crippen LogP contribution in [0.5, 0.6) is 0 Å². The monoisotopic (exact) mass is 204 g/mol. The summed E-state index contributed by atoms with van der Waals surface area (Å²) in [5.74, 6) is 0. The lowest BCUT2D eigenvalue weighted by molar-refractivity contribution is 0.194. The Balaban J connectivity index is 2.65. The smallest absolute Gasteiger partial charge is 0.0632 e. The topological polar surface area (TPSA) is 48.9 Å². The maximum Gasteiger partial charge on any atom is 0.0632 e. The third-order valence-electron chi connectivity index (χ3n) is 1.17. The molecule has 2 N–H and O–H groups in total. The predicted molar refractivity (Wildman–Crippen MR) is 41.7 cm³/mol. The number of nitrogens with zero attached hydrogens (tertiary/aromatic N) is 1. The van der Waals surface area contributed by atoms with Gasteiger partial charge in [-0.25, -0.2) is 0 Å². The van der Waals surface area contributed by atoms with E-state index < -0.39 is 0 Å². The van der Waals surface area contributed by atoms with E-state index in [1.165, 1.54) is 0 Å². The molecule has 1 aromatic heterocycles. The van der Waals surface area contributed by atoms with E-state index >= 15 is 0 Å². The van der Waals surface area contributed by atoms with Crippen LogP contribution in [-0.4, -0.2) is 21.4 Å². The fourth-order valence-corrected chi connectivity index (χ4v) is 1.09. The molecule has 4 heteroatoms. The van der Waals surface area contributed by atoms with Crippen molar-refractivity contribution < 1.29 is 5.11 Å². The summed E-state index contributed by atoms with van der Waals surface area (Å²) < 4.78 is 0.924. The Morgan fingerprint density at radius 3 is 3.00 bits per heavy atom. The number of hydrogen-bond donors (Lipinski definition) is 2.